The summed E-state index contributed by atoms with van der Waals surface area (Å²) in [6, 6.07) is 11.0. The molecule has 100 valence electrons. The van der Waals surface area contributed by atoms with Gasteiger partial charge in [-0.15, -0.1) is 0 Å². The summed E-state index contributed by atoms with van der Waals surface area (Å²) in [5, 5.41) is 7.73. The molecule has 3 rings (SSSR count). The number of ether oxygens (including phenoxy) is 1. The SMILES string of the molecule is c1cnn(Cc2ccc(NC3CCCOC3)cc2)c1. The van der Waals surface area contributed by atoms with Gasteiger partial charge in [-0.2, -0.15) is 5.10 Å². The predicted molar refractivity (Wildman–Crippen MR) is 75.2 cm³/mol. The average molecular weight is 257 g/mol. The van der Waals surface area contributed by atoms with Gasteiger partial charge in [0.25, 0.3) is 0 Å². The summed E-state index contributed by atoms with van der Waals surface area (Å²) in [4.78, 5) is 0. The van der Waals surface area contributed by atoms with Gasteiger partial charge in [0.2, 0.25) is 0 Å². The number of nitrogens with zero attached hydrogens (tertiary/aromatic N) is 2. The topological polar surface area (TPSA) is 39.1 Å². The quantitative estimate of drug-likeness (QED) is 0.914. The Labute approximate surface area is 113 Å². The van der Waals surface area contributed by atoms with E-state index in [1.807, 2.05) is 16.9 Å². The van der Waals surface area contributed by atoms with Crippen LogP contribution in [-0.2, 0) is 11.3 Å². The first-order valence-corrected chi connectivity index (χ1v) is 6.81. The number of anilines is 1. The molecule has 0 amide bonds. The minimum atomic E-state index is 0.450. The van der Waals surface area contributed by atoms with Crippen molar-refractivity contribution in [2.75, 3.05) is 18.5 Å². The molecule has 0 aliphatic carbocycles. The zero-order valence-corrected chi connectivity index (χ0v) is 11.0. The summed E-state index contributed by atoms with van der Waals surface area (Å²) < 4.78 is 7.40. The third kappa shape index (κ3) is 3.35. The Balaban J connectivity index is 1.58. The molecule has 1 fully saturated rings. The third-order valence-corrected chi connectivity index (χ3v) is 3.39. The van der Waals surface area contributed by atoms with Crippen molar-refractivity contribution < 1.29 is 4.74 Å². The highest BCUT2D eigenvalue weighted by molar-refractivity contribution is 5.45. The normalized spacial score (nSPS) is 19.3. The number of rotatable bonds is 4. The molecule has 0 radical (unpaired) electrons. The Hall–Kier alpha value is -1.81. The van der Waals surface area contributed by atoms with E-state index < -0.39 is 0 Å². The molecule has 1 N–H and O–H groups in total. The molecular formula is C15H19N3O. The van der Waals surface area contributed by atoms with Crippen LogP contribution in [0.4, 0.5) is 5.69 Å². The third-order valence-electron chi connectivity index (χ3n) is 3.39. The standard InChI is InChI=1S/C15H19N3O/c1-3-15(12-19-10-1)17-14-6-4-13(5-7-14)11-18-9-2-8-16-18/h2,4-9,15,17H,1,3,10-12H2. The van der Waals surface area contributed by atoms with Gasteiger partial charge in [0.1, 0.15) is 0 Å². The molecule has 1 aromatic carbocycles. The predicted octanol–water partition coefficient (Wildman–Crippen LogP) is 2.52. The first-order chi connectivity index (χ1) is 9.40. The maximum atomic E-state index is 5.47. The van der Waals surface area contributed by atoms with E-state index in [2.05, 4.69) is 34.7 Å². The van der Waals surface area contributed by atoms with Crippen LogP contribution in [0, 0.1) is 0 Å². The van der Waals surface area contributed by atoms with E-state index in [4.69, 9.17) is 4.74 Å². The fourth-order valence-electron chi connectivity index (χ4n) is 2.38. The highest BCUT2D eigenvalue weighted by Gasteiger charge is 2.12. The van der Waals surface area contributed by atoms with E-state index in [1.54, 1.807) is 6.20 Å². The molecule has 1 unspecified atom stereocenters. The fourth-order valence-corrected chi connectivity index (χ4v) is 2.38. The minimum absolute atomic E-state index is 0.450. The van der Waals surface area contributed by atoms with E-state index in [1.165, 1.54) is 17.7 Å². The largest absolute Gasteiger partial charge is 0.380 e. The summed E-state index contributed by atoms with van der Waals surface area (Å²) >= 11 is 0. The number of aromatic nitrogens is 2. The van der Waals surface area contributed by atoms with Gasteiger partial charge in [0.05, 0.1) is 13.2 Å². The van der Waals surface area contributed by atoms with Crippen LogP contribution in [0.3, 0.4) is 0 Å². The van der Waals surface area contributed by atoms with Crippen molar-refractivity contribution >= 4 is 5.69 Å². The summed E-state index contributed by atoms with van der Waals surface area (Å²) in [7, 11) is 0. The zero-order valence-electron chi connectivity index (χ0n) is 11.0. The molecule has 0 saturated carbocycles. The second kappa shape index (κ2) is 5.89. The van der Waals surface area contributed by atoms with Crippen LogP contribution in [-0.4, -0.2) is 29.0 Å². The van der Waals surface area contributed by atoms with Crippen molar-refractivity contribution in [1.29, 1.82) is 0 Å². The maximum Gasteiger partial charge on any atom is 0.0667 e. The lowest BCUT2D eigenvalue weighted by atomic mass is 10.1. The highest BCUT2D eigenvalue weighted by atomic mass is 16.5. The lowest BCUT2D eigenvalue weighted by Gasteiger charge is -2.24. The zero-order chi connectivity index (χ0) is 12.9. The van der Waals surface area contributed by atoms with Crippen LogP contribution in [0.2, 0.25) is 0 Å². The van der Waals surface area contributed by atoms with Crippen LogP contribution in [0.1, 0.15) is 18.4 Å². The lowest BCUT2D eigenvalue weighted by Crippen LogP contribution is -2.29. The number of benzene rings is 1. The van der Waals surface area contributed by atoms with Crippen molar-refractivity contribution in [3.05, 3.63) is 48.3 Å². The van der Waals surface area contributed by atoms with Gasteiger partial charge in [-0.05, 0) is 36.6 Å². The van der Waals surface area contributed by atoms with Gasteiger partial charge >= 0.3 is 0 Å². The van der Waals surface area contributed by atoms with E-state index in [9.17, 15) is 0 Å². The molecule has 2 heterocycles. The molecule has 2 aromatic rings. The molecule has 19 heavy (non-hydrogen) atoms. The minimum Gasteiger partial charge on any atom is -0.380 e. The molecule has 0 bridgehead atoms. The Kier molecular flexibility index (Phi) is 3.79. The Morgan fingerprint density at radius 2 is 2.21 bits per heavy atom. The van der Waals surface area contributed by atoms with Gasteiger partial charge in [0, 0.05) is 30.7 Å². The summed E-state index contributed by atoms with van der Waals surface area (Å²) in [5.74, 6) is 0. The highest BCUT2D eigenvalue weighted by Crippen LogP contribution is 2.15. The van der Waals surface area contributed by atoms with E-state index in [-0.39, 0.29) is 0 Å². The molecule has 1 aliphatic heterocycles. The van der Waals surface area contributed by atoms with E-state index >= 15 is 0 Å². The molecule has 4 nitrogen and oxygen atoms in total. The fraction of sp³-hybridized carbons (Fsp3) is 0.400. The van der Waals surface area contributed by atoms with Gasteiger partial charge in [-0.25, -0.2) is 0 Å². The summed E-state index contributed by atoms with van der Waals surface area (Å²) in [6.45, 7) is 2.54. The smallest absolute Gasteiger partial charge is 0.0667 e. The Morgan fingerprint density at radius 3 is 2.89 bits per heavy atom. The Morgan fingerprint density at radius 1 is 1.32 bits per heavy atom. The average Bonchev–Trinajstić information content (AvgIpc) is 2.95. The maximum absolute atomic E-state index is 5.47. The summed E-state index contributed by atoms with van der Waals surface area (Å²) in [5.41, 5.74) is 2.42. The molecular weight excluding hydrogens is 238 g/mol. The number of nitrogens with one attached hydrogen (secondary N) is 1. The lowest BCUT2D eigenvalue weighted by molar-refractivity contribution is 0.0876. The van der Waals surface area contributed by atoms with Gasteiger partial charge in [-0.3, -0.25) is 4.68 Å². The van der Waals surface area contributed by atoms with Crippen LogP contribution in [0.5, 0.6) is 0 Å². The van der Waals surface area contributed by atoms with Crippen molar-refractivity contribution in [1.82, 2.24) is 9.78 Å². The van der Waals surface area contributed by atoms with Crippen molar-refractivity contribution in [2.45, 2.75) is 25.4 Å². The Bertz CT molecular complexity index is 487. The van der Waals surface area contributed by atoms with Crippen LogP contribution in [0.25, 0.3) is 0 Å². The molecule has 1 saturated heterocycles. The van der Waals surface area contributed by atoms with Crippen molar-refractivity contribution in [3.63, 3.8) is 0 Å². The van der Waals surface area contributed by atoms with Gasteiger partial charge < -0.3 is 10.1 Å². The van der Waals surface area contributed by atoms with Crippen molar-refractivity contribution in [2.24, 2.45) is 0 Å². The monoisotopic (exact) mass is 257 g/mol. The summed E-state index contributed by atoms with van der Waals surface area (Å²) in [6.07, 6.45) is 6.12. The second-order valence-corrected chi connectivity index (χ2v) is 4.96. The number of hydrogen-bond donors (Lipinski definition) is 1. The first kappa shape index (κ1) is 12.2. The van der Waals surface area contributed by atoms with E-state index in [0.29, 0.717) is 6.04 Å². The second-order valence-electron chi connectivity index (χ2n) is 4.96. The molecule has 1 aromatic heterocycles. The number of hydrogen-bond acceptors (Lipinski definition) is 3. The van der Waals surface area contributed by atoms with Crippen LogP contribution < -0.4 is 5.32 Å². The first-order valence-electron chi connectivity index (χ1n) is 6.81. The van der Waals surface area contributed by atoms with Crippen LogP contribution >= 0.6 is 0 Å². The van der Waals surface area contributed by atoms with E-state index in [0.717, 1.165) is 26.2 Å². The molecule has 1 atom stereocenters. The molecule has 1 aliphatic rings. The van der Waals surface area contributed by atoms with Gasteiger partial charge in [-0.1, -0.05) is 12.1 Å². The molecule has 4 heteroatoms. The van der Waals surface area contributed by atoms with Crippen molar-refractivity contribution in [3.8, 4) is 0 Å². The molecule has 0 spiro atoms. The van der Waals surface area contributed by atoms with Gasteiger partial charge in [0.15, 0.2) is 0 Å². The van der Waals surface area contributed by atoms with Crippen LogP contribution in [0.15, 0.2) is 42.7 Å².